The van der Waals surface area contributed by atoms with E-state index in [4.69, 9.17) is 4.74 Å². The van der Waals surface area contributed by atoms with Crippen molar-refractivity contribution < 1.29 is 4.74 Å². The molecule has 1 aromatic rings. The van der Waals surface area contributed by atoms with Gasteiger partial charge in [-0.2, -0.15) is 5.10 Å². The van der Waals surface area contributed by atoms with Gasteiger partial charge in [-0.1, -0.05) is 26.7 Å². The molecular weight excluding hydrogens is 250 g/mol. The maximum absolute atomic E-state index is 5.70. The van der Waals surface area contributed by atoms with E-state index < -0.39 is 0 Å². The first-order valence-electron chi connectivity index (χ1n) is 7.97. The Morgan fingerprint density at radius 3 is 2.55 bits per heavy atom. The van der Waals surface area contributed by atoms with Gasteiger partial charge < -0.3 is 10.1 Å². The molecule has 0 atom stereocenters. The lowest BCUT2D eigenvalue weighted by Crippen LogP contribution is -2.20. The predicted octanol–water partition coefficient (Wildman–Crippen LogP) is 3.65. The van der Waals surface area contributed by atoms with E-state index in [-0.39, 0.29) is 0 Å². The molecule has 0 amide bonds. The largest absolute Gasteiger partial charge is 0.490 e. The average Bonchev–Trinajstić information content (AvgIpc) is 2.85. The molecule has 0 aliphatic heterocycles. The molecule has 0 aliphatic carbocycles. The van der Waals surface area contributed by atoms with Crippen molar-refractivity contribution in [1.29, 1.82) is 0 Å². The van der Waals surface area contributed by atoms with E-state index in [1.807, 2.05) is 10.9 Å². The molecule has 1 N–H and O–H groups in total. The number of ether oxygens (including phenoxy) is 1. The number of unbranched alkanes of at least 4 members (excludes halogenated alkanes) is 3. The van der Waals surface area contributed by atoms with E-state index in [0.29, 0.717) is 6.04 Å². The molecule has 0 saturated carbocycles. The number of nitrogens with zero attached hydrogens (tertiary/aromatic N) is 2. The van der Waals surface area contributed by atoms with Gasteiger partial charge in [0.25, 0.3) is 0 Å². The predicted molar refractivity (Wildman–Crippen MR) is 84.3 cm³/mol. The topological polar surface area (TPSA) is 39.1 Å². The van der Waals surface area contributed by atoms with Crippen LogP contribution in [0.15, 0.2) is 12.4 Å². The summed E-state index contributed by atoms with van der Waals surface area (Å²) in [5, 5.41) is 7.73. The first kappa shape index (κ1) is 17.0. The molecule has 116 valence electrons. The Morgan fingerprint density at radius 1 is 1.15 bits per heavy atom. The third-order valence-electron chi connectivity index (χ3n) is 3.18. The van der Waals surface area contributed by atoms with Crippen molar-refractivity contribution in [1.82, 2.24) is 15.1 Å². The molecule has 1 rings (SSSR count). The van der Waals surface area contributed by atoms with Gasteiger partial charge in [0, 0.05) is 6.04 Å². The van der Waals surface area contributed by atoms with E-state index in [1.165, 1.54) is 19.3 Å². The van der Waals surface area contributed by atoms with Gasteiger partial charge in [-0.05, 0) is 45.7 Å². The molecule has 0 unspecified atom stereocenters. The number of hydrogen-bond acceptors (Lipinski definition) is 3. The lowest BCUT2D eigenvalue weighted by atomic mass is 10.2. The van der Waals surface area contributed by atoms with Gasteiger partial charge >= 0.3 is 0 Å². The normalized spacial score (nSPS) is 11.5. The smallest absolute Gasteiger partial charge is 0.157 e. The molecule has 0 bridgehead atoms. The minimum Gasteiger partial charge on any atom is -0.490 e. The minimum absolute atomic E-state index is 0.394. The summed E-state index contributed by atoms with van der Waals surface area (Å²) in [7, 11) is 0. The zero-order valence-electron chi connectivity index (χ0n) is 13.6. The summed E-state index contributed by atoms with van der Waals surface area (Å²) in [6.45, 7) is 11.8. The number of nitrogens with one attached hydrogen (secondary N) is 1. The van der Waals surface area contributed by atoms with Gasteiger partial charge in [0.05, 0.1) is 19.0 Å². The summed E-state index contributed by atoms with van der Waals surface area (Å²) >= 11 is 0. The fourth-order valence-electron chi connectivity index (χ4n) is 1.96. The van der Waals surface area contributed by atoms with Crippen LogP contribution < -0.4 is 10.1 Å². The second-order valence-electron chi connectivity index (χ2n) is 6.11. The van der Waals surface area contributed by atoms with Crippen LogP contribution in [0.3, 0.4) is 0 Å². The number of aromatic nitrogens is 2. The van der Waals surface area contributed by atoms with Gasteiger partial charge in [-0.25, -0.2) is 0 Å². The molecule has 0 saturated heterocycles. The Hall–Kier alpha value is -1.03. The van der Waals surface area contributed by atoms with Crippen molar-refractivity contribution in [2.75, 3.05) is 19.7 Å². The monoisotopic (exact) mass is 281 g/mol. The fraction of sp³-hybridized carbons (Fsp3) is 0.812. The molecular formula is C16H31N3O. The van der Waals surface area contributed by atoms with E-state index in [2.05, 4.69) is 38.1 Å². The molecule has 0 aliphatic rings. The van der Waals surface area contributed by atoms with Gasteiger partial charge in [0.2, 0.25) is 0 Å². The van der Waals surface area contributed by atoms with Crippen LogP contribution in [0.4, 0.5) is 0 Å². The Morgan fingerprint density at radius 2 is 1.90 bits per heavy atom. The van der Waals surface area contributed by atoms with Crippen molar-refractivity contribution in [2.45, 2.75) is 59.4 Å². The Labute approximate surface area is 123 Å². The molecule has 0 radical (unpaired) electrons. The highest BCUT2D eigenvalue weighted by molar-refractivity contribution is 5.11. The van der Waals surface area contributed by atoms with Gasteiger partial charge in [-0.15, -0.1) is 0 Å². The van der Waals surface area contributed by atoms with Crippen LogP contribution in [0.5, 0.6) is 5.75 Å². The van der Waals surface area contributed by atoms with E-state index in [9.17, 15) is 0 Å². The lowest BCUT2D eigenvalue weighted by molar-refractivity contribution is 0.303. The van der Waals surface area contributed by atoms with Crippen LogP contribution in [0.1, 0.15) is 59.4 Å². The van der Waals surface area contributed by atoms with Crippen molar-refractivity contribution in [3.05, 3.63) is 12.4 Å². The first-order valence-corrected chi connectivity index (χ1v) is 7.97. The van der Waals surface area contributed by atoms with Crippen LogP contribution in [-0.2, 0) is 0 Å². The highest BCUT2D eigenvalue weighted by Crippen LogP contribution is 2.13. The Kier molecular flexibility index (Phi) is 8.35. The number of hydrogen-bond donors (Lipinski definition) is 1. The third kappa shape index (κ3) is 7.53. The average molecular weight is 281 g/mol. The quantitative estimate of drug-likeness (QED) is 0.629. The highest BCUT2D eigenvalue weighted by atomic mass is 16.5. The summed E-state index contributed by atoms with van der Waals surface area (Å²) in [6, 6.07) is 0.394. The molecule has 4 nitrogen and oxygen atoms in total. The Balaban J connectivity index is 1.94. The summed E-state index contributed by atoms with van der Waals surface area (Å²) < 4.78 is 7.62. The lowest BCUT2D eigenvalue weighted by Gasteiger charge is -2.07. The van der Waals surface area contributed by atoms with Crippen LogP contribution in [-0.4, -0.2) is 29.5 Å². The first-order chi connectivity index (χ1) is 9.59. The maximum atomic E-state index is 5.70. The molecule has 1 aromatic heterocycles. The fourth-order valence-corrected chi connectivity index (χ4v) is 1.96. The Bertz CT molecular complexity index is 347. The van der Waals surface area contributed by atoms with Crippen LogP contribution in [0, 0.1) is 5.92 Å². The second kappa shape index (κ2) is 9.81. The van der Waals surface area contributed by atoms with Gasteiger partial charge in [-0.3, -0.25) is 4.68 Å². The molecule has 0 fully saturated rings. The standard InChI is InChI=1S/C16H31N3O/c1-14(2)11-17-9-7-5-6-8-10-20-16-12-18-19(13-16)15(3)4/h12-15,17H,5-11H2,1-4H3. The number of rotatable bonds is 11. The van der Waals surface area contributed by atoms with E-state index in [1.54, 1.807) is 6.20 Å². The summed E-state index contributed by atoms with van der Waals surface area (Å²) in [6.07, 6.45) is 8.67. The summed E-state index contributed by atoms with van der Waals surface area (Å²) in [4.78, 5) is 0. The van der Waals surface area contributed by atoms with Crippen LogP contribution in [0.25, 0.3) is 0 Å². The summed E-state index contributed by atoms with van der Waals surface area (Å²) in [5.74, 6) is 1.63. The van der Waals surface area contributed by atoms with E-state index in [0.717, 1.165) is 37.8 Å². The maximum Gasteiger partial charge on any atom is 0.157 e. The third-order valence-corrected chi connectivity index (χ3v) is 3.18. The SMILES string of the molecule is CC(C)CNCCCCCCOc1cnn(C(C)C)c1. The highest BCUT2D eigenvalue weighted by Gasteiger charge is 2.02. The second-order valence-corrected chi connectivity index (χ2v) is 6.11. The van der Waals surface area contributed by atoms with Crippen molar-refractivity contribution >= 4 is 0 Å². The van der Waals surface area contributed by atoms with Crippen LogP contribution >= 0.6 is 0 Å². The van der Waals surface area contributed by atoms with Gasteiger partial charge in [0.15, 0.2) is 5.75 Å². The minimum atomic E-state index is 0.394. The van der Waals surface area contributed by atoms with Crippen molar-refractivity contribution in [3.8, 4) is 5.75 Å². The molecule has 1 heterocycles. The zero-order valence-corrected chi connectivity index (χ0v) is 13.6. The van der Waals surface area contributed by atoms with E-state index >= 15 is 0 Å². The van der Waals surface area contributed by atoms with Crippen LogP contribution in [0.2, 0.25) is 0 Å². The molecule has 20 heavy (non-hydrogen) atoms. The molecule has 0 aromatic carbocycles. The van der Waals surface area contributed by atoms with Crippen molar-refractivity contribution in [2.24, 2.45) is 5.92 Å². The molecule has 4 heteroatoms. The van der Waals surface area contributed by atoms with Crippen molar-refractivity contribution in [3.63, 3.8) is 0 Å². The molecule has 0 spiro atoms. The van der Waals surface area contributed by atoms with Gasteiger partial charge in [0.1, 0.15) is 0 Å². The zero-order chi connectivity index (χ0) is 14.8. The summed E-state index contributed by atoms with van der Waals surface area (Å²) in [5.41, 5.74) is 0.